The van der Waals surface area contributed by atoms with Gasteiger partial charge < -0.3 is 10.3 Å². The first-order valence-corrected chi connectivity index (χ1v) is 8.40. The molecule has 0 atom stereocenters. The molecule has 0 aliphatic carbocycles. The van der Waals surface area contributed by atoms with Crippen molar-refractivity contribution in [2.24, 2.45) is 10.8 Å². The fourth-order valence-electron chi connectivity index (χ4n) is 2.88. The number of pyridine rings is 2. The second kappa shape index (κ2) is 7.20. The number of nitrogens with two attached hydrogens (primary N) is 1. The lowest BCUT2D eigenvalue weighted by Gasteiger charge is -2.06. The van der Waals surface area contributed by atoms with E-state index in [0.29, 0.717) is 13.0 Å². The predicted octanol–water partition coefficient (Wildman–Crippen LogP) is 2.22. The molecule has 27 heavy (non-hydrogen) atoms. The summed E-state index contributed by atoms with van der Waals surface area (Å²) >= 11 is 0. The number of carbonyl (C=O) groups excluding carboxylic acids is 1. The Morgan fingerprint density at radius 1 is 1.19 bits per heavy atom. The molecule has 0 spiro atoms. The lowest BCUT2D eigenvalue weighted by molar-refractivity contribution is 0.249. The number of nitrogens with one attached hydrogen (secondary N) is 1. The van der Waals surface area contributed by atoms with Gasteiger partial charge in [0.2, 0.25) is 0 Å². The number of hydrogen-bond acceptors (Lipinski definition) is 5. The zero-order valence-electron chi connectivity index (χ0n) is 14.4. The van der Waals surface area contributed by atoms with Crippen LogP contribution in [0.15, 0.2) is 60.1 Å². The molecule has 0 radical (unpaired) electrons. The Hall–Kier alpha value is -3.81. The van der Waals surface area contributed by atoms with Gasteiger partial charge in [0.15, 0.2) is 5.65 Å². The van der Waals surface area contributed by atoms with Gasteiger partial charge in [0.05, 0.1) is 18.4 Å². The molecule has 0 saturated carbocycles. The second-order valence-electron chi connectivity index (χ2n) is 6.04. The van der Waals surface area contributed by atoms with Gasteiger partial charge >= 0.3 is 6.03 Å². The van der Waals surface area contributed by atoms with Crippen molar-refractivity contribution < 1.29 is 4.79 Å². The quantitative estimate of drug-likeness (QED) is 0.420. The summed E-state index contributed by atoms with van der Waals surface area (Å²) in [7, 11) is 0. The van der Waals surface area contributed by atoms with Gasteiger partial charge in [-0.1, -0.05) is 12.1 Å². The summed E-state index contributed by atoms with van der Waals surface area (Å²) in [5, 5.41) is 4.84. The highest BCUT2D eigenvalue weighted by Gasteiger charge is 2.07. The van der Waals surface area contributed by atoms with Gasteiger partial charge in [0, 0.05) is 29.9 Å². The number of nitrogens with zero attached hydrogens (tertiary/aromatic N) is 5. The summed E-state index contributed by atoms with van der Waals surface area (Å²) in [6, 6.07) is 13.3. The maximum Gasteiger partial charge on any atom is 0.332 e. The first-order chi connectivity index (χ1) is 13.2. The number of imidazole rings is 1. The van der Waals surface area contributed by atoms with E-state index in [1.807, 2.05) is 34.9 Å². The normalized spacial score (nSPS) is 11.4. The number of hydrazone groups is 1. The lowest BCUT2D eigenvalue weighted by Crippen LogP contribution is -2.24. The highest BCUT2D eigenvalue weighted by Crippen LogP contribution is 2.17. The van der Waals surface area contributed by atoms with Crippen molar-refractivity contribution in [2.75, 3.05) is 0 Å². The standard InChI is InChI=1S/C19H17N7O/c20-19(27)25-23-9-7-15-4-6-17-18(24-15)26(12-22-17)11-13-3-5-16-14(10-13)2-1-8-21-16/h1-6,8-10,12H,7,11H2,(H3,20,25,27). The molecule has 3 heterocycles. The third kappa shape index (κ3) is 3.74. The molecular weight excluding hydrogens is 342 g/mol. The molecule has 4 aromatic rings. The fraction of sp³-hybridized carbons (Fsp3) is 0.105. The van der Waals surface area contributed by atoms with E-state index in [0.717, 1.165) is 33.3 Å². The van der Waals surface area contributed by atoms with Crippen LogP contribution in [0.3, 0.4) is 0 Å². The van der Waals surface area contributed by atoms with Crippen molar-refractivity contribution in [2.45, 2.75) is 13.0 Å². The summed E-state index contributed by atoms with van der Waals surface area (Å²) in [5.41, 5.74) is 11.7. The maximum atomic E-state index is 10.6. The first kappa shape index (κ1) is 16.6. The van der Waals surface area contributed by atoms with Gasteiger partial charge in [-0.05, 0) is 35.9 Å². The topological polar surface area (TPSA) is 111 Å². The van der Waals surface area contributed by atoms with Crippen LogP contribution in [0.1, 0.15) is 11.3 Å². The Bertz CT molecular complexity index is 1150. The van der Waals surface area contributed by atoms with Crippen LogP contribution in [0, 0.1) is 0 Å². The van der Waals surface area contributed by atoms with E-state index in [2.05, 4.69) is 37.6 Å². The molecular formula is C19H17N7O. The van der Waals surface area contributed by atoms with Crippen molar-refractivity contribution in [1.29, 1.82) is 0 Å². The molecule has 0 unspecified atom stereocenters. The van der Waals surface area contributed by atoms with Crippen LogP contribution in [0.25, 0.3) is 22.1 Å². The number of primary amides is 1. The summed E-state index contributed by atoms with van der Waals surface area (Å²) in [6.45, 7) is 0.662. The molecule has 134 valence electrons. The molecule has 8 heteroatoms. The van der Waals surface area contributed by atoms with Crippen molar-refractivity contribution >= 4 is 34.3 Å². The minimum atomic E-state index is -0.696. The molecule has 0 fully saturated rings. The van der Waals surface area contributed by atoms with Crippen molar-refractivity contribution in [3.05, 3.63) is 66.2 Å². The van der Waals surface area contributed by atoms with Gasteiger partial charge in [-0.15, -0.1) is 0 Å². The molecule has 0 bridgehead atoms. The molecule has 1 aromatic carbocycles. The third-order valence-corrected chi connectivity index (χ3v) is 4.11. The van der Waals surface area contributed by atoms with Crippen molar-refractivity contribution in [3.8, 4) is 0 Å². The largest absolute Gasteiger partial charge is 0.350 e. The number of rotatable bonds is 5. The van der Waals surface area contributed by atoms with E-state index in [4.69, 9.17) is 5.73 Å². The van der Waals surface area contributed by atoms with Gasteiger partial charge in [0.1, 0.15) is 5.52 Å². The number of aromatic nitrogens is 4. The zero-order chi connectivity index (χ0) is 18.6. The Kier molecular flexibility index (Phi) is 4.44. The SMILES string of the molecule is NC(=O)NN=CCc1ccc2ncn(Cc3ccc4ncccc4c3)c2n1. The molecule has 0 aliphatic heterocycles. The van der Waals surface area contributed by atoms with Crippen molar-refractivity contribution in [1.82, 2.24) is 24.9 Å². The van der Waals surface area contributed by atoms with E-state index in [-0.39, 0.29) is 0 Å². The fourth-order valence-corrected chi connectivity index (χ4v) is 2.88. The predicted molar refractivity (Wildman–Crippen MR) is 103 cm³/mol. The summed E-state index contributed by atoms with van der Waals surface area (Å²) < 4.78 is 2.01. The van der Waals surface area contributed by atoms with Crippen LogP contribution in [-0.4, -0.2) is 31.8 Å². The smallest absolute Gasteiger partial charge is 0.332 e. The maximum absolute atomic E-state index is 10.6. The van der Waals surface area contributed by atoms with Gasteiger partial charge in [-0.3, -0.25) is 4.98 Å². The van der Waals surface area contributed by atoms with Crippen LogP contribution in [0.2, 0.25) is 0 Å². The molecule has 0 saturated heterocycles. The van der Waals surface area contributed by atoms with Crippen LogP contribution >= 0.6 is 0 Å². The van der Waals surface area contributed by atoms with E-state index in [1.165, 1.54) is 0 Å². The molecule has 0 aliphatic rings. The van der Waals surface area contributed by atoms with E-state index in [1.54, 1.807) is 18.7 Å². The molecule has 2 amide bonds. The highest BCUT2D eigenvalue weighted by atomic mass is 16.2. The van der Waals surface area contributed by atoms with Crippen LogP contribution < -0.4 is 11.2 Å². The van der Waals surface area contributed by atoms with Gasteiger partial charge in [-0.25, -0.2) is 20.2 Å². The Balaban J connectivity index is 1.58. The number of benzene rings is 1. The van der Waals surface area contributed by atoms with E-state index >= 15 is 0 Å². The number of urea groups is 1. The first-order valence-electron chi connectivity index (χ1n) is 8.40. The number of amides is 2. The van der Waals surface area contributed by atoms with Gasteiger partial charge in [-0.2, -0.15) is 5.10 Å². The van der Waals surface area contributed by atoms with Gasteiger partial charge in [0.25, 0.3) is 0 Å². The zero-order valence-corrected chi connectivity index (χ0v) is 14.4. The number of carbonyl (C=O) groups is 1. The van der Waals surface area contributed by atoms with Crippen LogP contribution in [0.4, 0.5) is 4.79 Å². The lowest BCUT2D eigenvalue weighted by atomic mass is 10.1. The highest BCUT2D eigenvalue weighted by molar-refractivity contribution is 5.79. The van der Waals surface area contributed by atoms with E-state index < -0.39 is 6.03 Å². The molecule has 8 nitrogen and oxygen atoms in total. The minimum absolute atomic E-state index is 0.475. The summed E-state index contributed by atoms with van der Waals surface area (Å²) in [4.78, 5) is 24.0. The van der Waals surface area contributed by atoms with Crippen LogP contribution in [0.5, 0.6) is 0 Å². The third-order valence-electron chi connectivity index (χ3n) is 4.11. The van der Waals surface area contributed by atoms with Crippen molar-refractivity contribution in [3.63, 3.8) is 0 Å². The Morgan fingerprint density at radius 2 is 2.07 bits per heavy atom. The molecule has 3 N–H and O–H groups in total. The van der Waals surface area contributed by atoms with E-state index in [9.17, 15) is 4.79 Å². The van der Waals surface area contributed by atoms with Crippen LogP contribution in [-0.2, 0) is 13.0 Å². The Morgan fingerprint density at radius 3 is 2.96 bits per heavy atom. The minimum Gasteiger partial charge on any atom is -0.350 e. The average Bonchev–Trinajstić information content (AvgIpc) is 3.07. The summed E-state index contributed by atoms with van der Waals surface area (Å²) in [5.74, 6) is 0. The molecule has 4 rings (SSSR count). The second-order valence-corrected chi connectivity index (χ2v) is 6.04. The monoisotopic (exact) mass is 359 g/mol. The molecule has 3 aromatic heterocycles. The number of fused-ring (bicyclic) bond motifs is 2. The Labute approximate surface area is 154 Å². The summed E-state index contributed by atoms with van der Waals surface area (Å²) in [6.07, 6.45) is 5.61. The average molecular weight is 359 g/mol. The number of hydrogen-bond donors (Lipinski definition) is 2.